The zero-order valence-corrected chi connectivity index (χ0v) is 13.2. The number of rotatable bonds is 4. The van der Waals surface area contributed by atoms with Crippen LogP contribution in [0.3, 0.4) is 0 Å². The summed E-state index contributed by atoms with van der Waals surface area (Å²) in [7, 11) is -3.46. The molecule has 2 aromatic carbocycles. The number of ether oxygens (including phenoxy) is 1. The number of benzene rings is 2. The van der Waals surface area contributed by atoms with Gasteiger partial charge in [0.25, 0.3) is 0 Å². The number of anilines is 1. The van der Waals surface area contributed by atoms with E-state index in [9.17, 15) is 12.8 Å². The fourth-order valence-electron chi connectivity index (χ4n) is 1.67. The van der Waals surface area contributed by atoms with Crippen LogP contribution in [0, 0.1) is 5.82 Å². The predicted molar refractivity (Wildman–Crippen MR) is 86.4 cm³/mol. The third kappa shape index (κ3) is 4.15. The molecule has 0 fully saturated rings. The molecule has 0 aliphatic heterocycles. The Morgan fingerprint density at radius 3 is 2.36 bits per heavy atom. The standard InChI is InChI=1S/C14H13FN2O3S2/c1-22(18,19)11-6-7-13(12(15)8-11)20-10-4-2-9(3-5-10)17-14(16)21/h2-8H,1H3,(H3,16,17,21). The molecule has 0 amide bonds. The molecule has 0 bridgehead atoms. The van der Waals surface area contributed by atoms with Crippen molar-refractivity contribution in [3.05, 3.63) is 48.3 Å². The first-order chi connectivity index (χ1) is 10.3. The highest BCUT2D eigenvalue weighted by Gasteiger charge is 2.12. The average Bonchev–Trinajstić information content (AvgIpc) is 2.41. The van der Waals surface area contributed by atoms with Crippen LogP contribution in [0.4, 0.5) is 10.1 Å². The van der Waals surface area contributed by atoms with Gasteiger partial charge in [0.2, 0.25) is 0 Å². The van der Waals surface area contributed by atoms with Gasteiger partial charge in [0.05, 0.1) is 4.90 Å². The Balaban J connectivity index is 2.19. The van der Waals surface area contributed by atoms with Crippen molar-refractivity contribution in [1.82, 2.24) is 0 Å². The smallest absolute Gasteiger partial charge is 0.175 e. The maximum atomic E-state index is 13.9. The van der Waals surface area contributed by atoms with E-state index < -0.39 is 15.7 Å². The molecule has 0 spiro atoms. The first-order valence-corrected chi connectivity index (χ1v) is 8.39. The SMILES string of the molecule is CS(=O)(=O)c1ccc(Oc2ccc(NC(N)=S)cc2)c(F)c1. The fraction of sp³-hybridized carbons (Fsp3) is 0.0714. The lowest BCUT2D eigenvalue weighted by atomic mass is 10.3. The van der Waals surface area contributed by atoms with Crippen molar-refractivity contribution in [2.24, 2.45) is 5.73 Å². The van der Waals surface area contributed by atoms with Gasteiger partial charge in [0.1, 0.15) is 5.75 Å². The molecular formula is C14H13FN2O3S2. The number of nitrogens with two attached hydrogens (primary N) is 1. The van der Waals surface area contributed by atoms with Gasteiger partial charge in [0, 0.05) is 11.9 Å². The Labute approximate surface area is 132 Å². The summed E-state index contributed by atoms with van der Waals surface area (Å²) in [6.45, 7) is 0. The molecule has 0 aliphatic rings. The van der Waals surface area contributed by atoms with Crippen LogP contribution in [0.15, 0.2) is 47.4 Å². The van der Waals surface area contributed by atoms with Crippen molar-refractivity contribution in [3.8, 4) is 11.5 Å². The minimum absolute atomic E-state index is 0.0672. The van der Waals surface area contributed by atoms with Crippen LogP contribution in [0.2, 0.25) is 0 Å². The van der Waals surface area contributed by atoms with E-state index in [0.29, 0.717) is 11.4 Å². The molecule has 22 heavy (non-hydrogen) atoms. The Morgan fingerprint density at radius 1 is 1.23 bits per heavy atom. The van der Waals surface area contributed by atoms with Gasteiger partial charge in [-0.3, -0.25) is 0 Å². The molecule has 8 heteroatoms. The van der Waals surface area contributed by atoms with E-state index in [1.54, 1.807) is 24.3 Å². The number of hydrogen-bond acceptors (Lipinski definition) is 4. The summed E-state index contributed by atoms with van der Waals surface area (Å²) < 4.78 is 41.9. The van der Waals surface area contributed by atoms with Crippen molar-refractivity contribution in [1.29, 1.82) is 0 Å². The highest BCUT2D eigenvalue weighted by Crippen LogP contribution is 2.27. The number of hydrogen-bond donors (Lipinski definition) is 2. The molecule has 0 saturated carbocycles. The van der Waals surface area contributed by atoms with Crippen LogP contribution in [0.5, 0.6) is 11.5 Å². The summed E-state index contributed by atoms with van der Waals surface area (Å²) in [5.41, 5.74) is 6.02. The Bertz CT molecular complexity index is 805. The van der Waals surface area contributed by atoms with Gasteiger partial charge in [-0.05, 0) is 54.7 Å². The number of thiocarbonyl (C=S) groups is 1. The summed E-state index contributed by atoms with van der Waals surface area (Å²) in [6, 6.07) is 10.0. The molecule has 116 valence electrons. The zero-order chi connectivity index (χ0) is 16.3. The van der Waals surface area contributed by atoms with Crippen LogP contribution < -0.4 is 15.8 Å². The summed E-state index contributed by atoms with van der Waals surface area (Å²) in [5, 5.41) is 2.88. The van der Waals surface area contributed by atoms with Gasteiger partial charge >= 0.3 is 0 Å². The Kier molecular flexibility index (Phi) is 4.62. The van der Waals surface area contributed by atoms with E-state index in [-0.39, 0.29) is 15.8 Å². The van der Waals surface area contributed by atoms with Crippen LogP contribution in [-0.2, 0) is 9.84 Å². The zero-order valence-electron chi connectivity index (χ0n) is 11.5. The van der Waals surface area contributed by atoms with E-state index >= 15 is 0 Å². The quantitative estimate of drug-likeness (QED) is 0.833. The van der Waals surface area contributed by atoms with Gasteiger partial charge in [-0.1, -0.05) is 0 Å². The van der Waals surface area contributed by atoms with E-state index in [0.717, 1.165) is 12.3 Å². The lowest BCUT2D eigenvalue weighted by Crippen LogP contribution is -2.18. The lowest BCUT2D eigenvalue weighted by Gasteiger charge is -2.09. The minimum atomic E-state index is -3.46. The van der Waals surface area contributed by atoms with Crippen molar-refractivity contribution >= 4 is 32.9 Å². The highest BCUT2D eigenvalue weighted by molar-refractivity contribution is 7.90. The van der Waals surface area contributed by atoms with E-state index in [1.165, 1.54) is 12.1 Å². The Morgan fingerprint density at radius 2 is 1.86 bits per heavy atom. The third-order valence-corrected chi connectivity index (χ3v) is 3.89. The number of halogens is 1. The van der Waals surface area contributed by atoms with Crippen molar-refractivity contribution < 1.29 is 17.5 Å². The van der Waals surface area contributed by atoms with Crippen LogP contribution >= 0.6 is 12.2 Å². The molecule has 0 saturated heterocycles. The second-order valence-electron chi connectivity index (χ2n) is 4.48. The second-order valence-corrected chi connectivity index (χ2v) is 6.94. The van der Waals surface area contributed by atoms with E-state index in [1.807, 2.05) is 0 Å². The summed E-state index contributed by atoms with van der Waals surface area (Å²) in [5.74, 6) is -0.435. The van der Waals surface area contributed by atoms with Gasteiger partial charge in [0.15, 0.2) is 26.5 Å². The summed E-state index contributed by atoms with van der Waals surface area (Å²) in [6.07, 6.45) is 1.01. The molecule has 0 aliphatic carbocycles. The van der Waals surface area contributed by atoms with Crippen molar-refractivity contribution in [2.45, 2.75) is 4.90 Å². The van der Waals surface area contributed by atoms with Crippen LogP contribution in [0.1, 0.15) is 0 Å². The van der Waals surface area contributed by atoms with Gasteiger partial charge in [-0.25, -0.2) is 12.8 Å². The topological polar surface area (TPSA) is 81.4 Å². The molecule has 5 nitrogen and oxygen atoms in total. The van der Waals surface area contributed by atoms with Gasteiger partial charge in [-0.2, -0.15) is 0 Å². The maximum absolute atomic E-state index is 13.9. The van der Waals surface area contributed by atoms with Crippen molar-refractivity contribution in [2.75, 3.05) is 11.6 Å². The lowest BCUT2D eigenvalue weighted by molar-refractivity contribution is 0.441. The minimum Gasteiger partial charge on any atom is -0.454 e. The fourth-order valence-corrected chi connectivity index (χ4v) is 2.42. The largest absolute Gasteiger partial charge is 0.454 e. The second kappa shape index (κ2) is 6.29. The third-order valence-electron chi connectivity index (χ3n) is 2.68. The first-order valence-electron chi connectivity index (χ1n) is 6.10. The van der Waals surface area contributed by atoms with Crippen molar-refractivity contribution in [3.63, 3.8) is 0 Å². The first kappa shape index (κ1) is 16.2. The molecule has 0 unspecified atom stereocenters. The normalized spacial score (nSPS) is 11.0. The molecule has 0 radical (unpaired) electrons. The van der Waals surface area contributed by atoms with Gasteiger partial charge < -0.3 is 15.8 Å². The Hall–Kier alpha value is -2.19. The summed E-state index contributed by atoms with van der Waals surface area (Å²) in [4.78, 5) is -0.103. The number of sulfone groups is 1. The van der Waals surface area contributed by atoms with Gasteiger partial charge in [-0.15, -0.1) is 0 Å². The number of nitrogens with one attached hydrogen (secondary N) is 1. The molecule has 0 atom stereocenters. The molecule has 3 N–H and O–H groups in total. The van der Waals surface area contributed by atoms with Crippen LogP contribution in [0.25, 0.3) is 0 Å². The predicted octanol–water partition coefficient (Wildman–Crippen LogP) is 2.68. The van der Waals surface area contributed by atoms with Crippen LogP contribution in [-0.4, -0.2) is 19.8 Å². The monoisotopic (exact) mass is 340 g/mol. The van der Waals surface area contributed by atoms with E-state index in [2.05, 4.69) is 5.32 Å². The molecular weight excluding hydrogens is 327 g/mol. The van der Waals surface area contributed by atoms with E-state index in [4.69, 9.17) is 22.7 Å². The average molecular weight is 340 g/mol. The molecule has 0 aromatic heterocycles. The highest BCUT2D eigenvalue weighted by atomic mass is 32.2. The molecule has 2 aromatic rings. The molecule has 2 rings (SSSR count). The maximum Gasteiger partial charge on any atom is 0.175 e. The molecule has 0 heterocycles. The summed E-state index contributed by atoms with van der Waals surface area (Å²) >= 11 is 4.71.